The standard InChI is InChI=1S/C33H29BrN4O10S/c1-6-46-32(40)28-18(4)35-33-36(29(28)20-7-10-22(11-8-20)47-17(2)3)31(39)27(49-33)15-19-13-23(34)30(26(14-19)45-5)48-25-12-9-21(37(41)42)16-24(25)38(43)44/h7-17,29H,6H2,1-5H3/b27-15-/t29-/m0/s1. The second kappa shape index (κ2) is 14.4. The summed E-state index contributed by atoms with van der Waals surface area (Å²) < 4.78 is 24.6. The van der Waals surface area contributed by atoms with Gasteiger partial charge in [0.25, 0.3) is 11.2 Å². The summed E-state index contributed by atoms with van der Waals surface area (Å²) in [5.74, 6) is 0.0377. The fourth-order valence-corrected chi connectivity index (χ4v) is 6.73. The number of methoxy groups -OCH3 is 1. The molecule has 0 radical (unpaired) electrons. The van der Waals surface area contributed by atoms with Gasteiger partial charge in [-0.3, -0.25) is 29.6 Å². The lowest BCUT2D eigenvalue weighted by Gasteiger charge is -2.25. The molecule has 0 unspecified atom stereocenters. The van der Waals surface area contributed by atoms with Crippen molar-refractivity contribution in [3.63, 3.8) is 0 Å². The Balaban J connectivity index is 1.59. The Morgan fingerprint density at radius 2 is 1.80 bits per heavy atom. The summed E-state index contributed by atoms with van der Waals surface area (Å²) in [6, 6.07) is 12.5. The summed E-state index contributed by atoms with van der Waals surface area (Å²) in [4.78, 5) is 53.6. The van der Waals surface area contributed by atoms with Crippen LogP contribution >= 0.6 is 27.3 Å². The maximum atomic E-state index is 14.1. The molecular formula is C33H29BrN4O10S. The number of benzene rings is 3. The van der Waals surface area contributed by atoms with E-state index in [-0.39, 0.29) is 35.5 Å². The molecule has 0 spiro atoms. The molecule has 4 aromatic rings. The van der Waals surface area contributed by atoms with E-state index in [1.54, 1.807) is 56.3 Å². The lowest BCUT2D eigenvalue weighted by Crippen LogP contribution is -2.39. The monoisotopic (exact) mass is 752 g/mol. The van der Waals surface area contributed by atoms with Gasteiger partial charge in [-0.05, 0) is 91.2 Å². The number of nitro groups is 2. The fraction of sp³-hybridized carbons (Fsp3) is 0.242. The molecule has 0 saturated carbocycles. The SMILES string of the molecule is CCOC(=O)C1=C(C)N=c2s/c(=C\c3cc(Br)c(Oc4ccc([N+](=O)[O-])cc4[N+](=O)[O-])c(OC)c3)c(=O)n2[C@H]1c1ccc(OC(C)C)cc1. The van der Waals surface area contributed by atoms with Crippen LogP contribution in [0.25, 0.3) is 6.08 Å². The Hall–Kier alpha value is -5.35. The fourth-order valence-electron chi connectivity index (χ4n) is 5.14. The maximum absolute atomic E-state index is 14.1. The smallest absolute Gasteiger partial charge is 0.338 e. The van der Waals surface area contributed by atoms with E-state index in [0.29, 0.717) is 36.4 Å². The first kappa shape index (κ1) is 35.0. The highest BCUT2D eigenvalue weighted by Crippen LogP contribution is 2.43. The van der Waals surface area contributed by atoms with Crippen LogP contribution in [-0.4, -0.2) is 40.2 Å². The highest BCUT2D eigenvalue weighted by atomic mass is 79.9. The molecule has 0 saturated heterocycles. The molecule has 1 aliphatic heterocycles. The van der Waals surface area contributed by atoms with E-state index in [0.717, 1.165) is 29.5 Å². The van der Waals surface area contributed by atoms with Crippen LogP contribution in [-0.2, 0) is 9.53 Å². The zero-order chi connectivity index (χ0) is 35.6. The highest BCUT2D eigenvalue weighted by Gasteiger charge is 2.33. The number of hydrogen-bond donors (Lipinski definition) is 0. The predicted molar refractivity (Wildman–Crippen MR) is 183 cm³/mol. The first-order chi connectivity index (χ1) is 23.3. The van der Waals surface area contributed by atoms with Gasteiger partial charge in [0.2, 0.25) is 5.75 Å². The van der Waals surface area contributed by atoms with Crippen LogP contribution in [0.1, 0.15) is 44.9 Å². The molecule has 14 nitrogen and oxygen atoms in total. The van der Waals surface area contributed by atoms with Crippen LogP contribution in [0.4, 0.5) is 11.4 Å². The Kier molecular flexibility index (Phi) is 10.3. The number of allylic oxidation sites excluding steroid dienone is 1. The van der Waals surface area contributed by atoms with Crippen molar-refractivity contribution < 1.29 is 33.6 Å². The summed E-state index contributed by atoms with van der Waals surface area (Å²) in [6.45, 7) is 7.36. The van der Waals surface area contributed by atoms with Gasteiger partial charge in [0.1, 0.15) is 5.75 Å². The second-order valence-electron chi connectivity index (χ2n) is 10.8. The third kappa shape index (κ3) is 7.24. The van der Waals surface area contributed by atoms with Crippen LogP contribution < -0.4 is 29.1 Å². The first-order valence-electron chi connectivity index (χ1n) is 14.8. The number of fused-ring (bicyclic) bond motifs is 1. The Bertz CT molecular complexity index is 2190. The van der Waals surface area contributed by atoms with Crippen molar-refractivity contribution in [1.82, 2.24) is 4.57 Å². The number of ether oxygens (including phenoxy) is 4. The molecule has 1 aromatic heterocycles. The zero-order valence-electron chi connectivity index (χ0n) is 26.8. The number of nitrogens with zero attached hydrogens (tertiary/aromatic N) is 4. The van der Waals surface area contributed by atoms with Gasteiger partial charge in [0, 0.05) is 6.07 Å². The van der Waals surface area contributed by atoms with Gasteiger partial charge in [-0.15, -0.1) is 0 Å². The number of carbonyl (C=O) groups excluding carboxylic acids is 1. The van der Waals surface area contributed by atoms with E-state index in [1.165, 1.54) is 11.7 Å². The van der Waals surface area contributed by atoms with E-state index >= 15 is 0 Å². The second-order valence-corrected chi connectivity index (χ2v) is 12.7. The number of thiazole rings is 1. The van der Waals surface area contributed by atoms with E-state index in [4.69, 9.17) is 18.9 Å². The Morgan fingerprint density at radius 3 is 2.41 bits per heavy atom. The van der Waals surface area contributed by atoms with E-state index in [2.05, 4.69) is 20.9 Å². The molecule has 0 bridgehead atoms. The molecule has 0 aliphatic carbocycles. The molecule has 5 rings (SSSR count). The molecule has 254 valence electrons. The number of esters is 1. The van der Waals surface area contributed by atoms with Crippen LogP contribution in [0.5, 0.6) is 23.0 Å². The minimum absolute atomic E-state index is 0.0409. The van der Waals surface area contributed by atoms with E-state index in [9.17, 15) is 29.8 Å². The lowest BCUT2D eigenvalue weighted by atomic mass is 9.96. The van der Waals surface area contributed by atoms with Gasteiger partial charge in [0.05, 0.1) is 62.1 Å². The van der Waals surface area contributed by atoms with Gasteiger partial charge in [-0.25, -0.2) is 9.79 Å². The van der Waals surface area contributed by atoms with Crippen molar-refractivity contribution >= 4 is 50.7 Å². The molecule has 16 heteroatoms. The van der Waals surface area contributed by atoms with Crippen molar-refractivity contribution in [2.24, 2.45) is 4.99 Å². The number of halogens is 1. The van der Waals surface area contributed by atoms with Gasteiger partial charge in [-0.1, -0.05) is 23.5 Å². The van der Waals surface area contributed by atoms with Gasteiger partial charge in [0.15, 0.2) is 16.3 Å². The summed E-state index contributed by atoms with van der Waals surface area (Å²) in [7, 11) is 1.37. The number of aromatic nitrogens is 1. The minimum Gasteiger partial charge on any atom is -0.493 e. The zero-order valence-corrected chi connectivity index (χ0v) is 29.2. The van der Waals surface area contributed by atoms with E-state index in [1.807, 2.05) is 13.8 Å². The average molecular weight is 754 g/mol. The highest BCUT2D eigenvalue weighted by molar-refractivity contribution is 9.10. The largest absolute Gasteiger partial charge is 0.493 e. The molecule has 1 atom stereocenters. The Morgan fingerprint density at radius 1 is 1.08 bits per heavy atom. The topological polar surface area (TPSA) is 175 Å². The number of hydrogen-bond acceptors (Lipinski definition) is 12. The van der Waals surface area contributed by atoms with E-state index < -0.39 is 38.8 Å². The number of non-ortho nitro benzene ring substituents is 1. The minimum atomic E-state index is -0.819. The third-order valence-corrected chi connectivity index (χ3v) is 8.77. The first-order valence-corrected chi connectivity index (χ1v) is 16.4. The molecule has 2 heterocycles. The van der Waals surface area contributed by atoms with Crippen LogP contribution in [0.15, 0.2) is 80.1 Å². The lowest BCUT2D eigenvalue weighted by molar-refractivity contribution is -0.394. The van der Waals surface area contributed by atoms with Crippen LogP contribution in [0.3, 0.4) is 0 Å². The number of rotatable bonds is 11. The molecule has 3 aromatic carbocycles. The van der Waals surface area contributed by atoms with Crippen molar-refractivity contribution in [2.75, 3.05) is 13.7 Å². The van der Waals surface area contributed by atoms with Crippen LogP contribution in [0, 0.1) is 20.2 Å². The normalized spacial score (nSPS) is 14.3. The third-order valence-electron chi connectivity index (χ3n) is 7.20. The Labute approximate surface area is 291 Å². The summed E-state index contributed by atoms with van der Waals surface area (Å²) >= 11 is 4.55. The van der Waals surface area contributed by atoms with Gasteiger partial charge >= 0.3 is 11.7 Å². The quantitative estimate of drug-likeness (QED) is 0.101. The molecule has 49 heavy (non-hydrogen) atoms. The number of nitro benzene ring substituents is 2. The van der Waals surface area contributed by atoms with Crippen molar-refractivity contribution in [1.29, 1.82) is 0 Å². The average Bonchev–Trinajstić information content (AvgIpc) is 3.35. The van der Waals surface area contributed by atoms with Gasteiger partial charge < -0.3 is 18.9 Å². The molecular weight excluding hydrogens is 724 g/mol. The molecule has 0 fully saturated rings. The molecule has 1 aliphatic rings. The summed E-state index contributed by atoms with van der Waals surface area (Å²) in [6.07, 6.45) is 1.58. The van der Waals surface area contributed by atoms with Gasteiger partial charge in [-0.2, -0.15) is 0 Å². The van der Waals surface area contributed by atoms with Crippen molar-refractivity contribution in [3.8, 4) is 23.0 Å². The van der Waals surface area contributed by atoms with Crippen molar-refractivity contribution in [3.05, 3.63) is 121 Å². The molecule has 0 N–H and O–H groups in total. The molecule has 0 amide bonds. The number of carbonyl (C=O) groups is 1. The maximum Gasteiger partial charge on any atom is 0.338 e. The summed E-state index contributed by atoms with van der Waals surface area (Å²) in [5, 5.41) is 22.8. The predicted octanol–water partition coefficient (Wildman–Crippen LogP) is 5.97. The van der Waals surface area contributed by atoms with Crippen LogP contribution in [0.2, 0.25) is 0 Å². The van der Waals surface area contributed by atoms with Crippen molar-refractivity contribution in [2.45, 2.75) is 39.8 Å². The summed E-state index contributed by atoms with van der Waals surface area (Å²) in [5.41, 5.74) is 0.352.